The van der Waals surface area contributed by atoms with Gasteiger partial charge in [-0.25, -0.2) is 4.39 Å². The van der Waals surface area contributed by atoms with Crippen molar-refractivity contribution in [2.24, 2.45) is 11.7 Å². The van der Waals surface area contributed by atoms with Crippen LogP contribution in [0.15, 0.2) is 22.7 Å². The maximum Gasteiger partial charge on any atom is 0.241 e. The summed E-state index contributed by atoms with van der Waals surface area (Å²) in [5.74, 6) is -0.615. The zero-order valence-corrected chi connectivity index (χ0v) is 11.4. The quantitative estimate of drug-likeness (QED) is 0.898. The lowest BCUT2D eigenvalue weighted by atomic mass is 9.99. The lowest BCUT2D eigenvalue weighted by Gasteiger charge is -2.17. The van der Waals surface area contributed by atoms with Crippen molar-refractivity contribution >= 4 is 27.5 Å². The molecule has 3 N–H and O–H groups in total. The third-order valence-corrected chi connectivity index (χ3v) is 3.39. The first-order chi connectivity index (χ1) is 7.95. The predicted molar refractivity (Wildman–Crippen MR) is 70.2 cm³/mol. The minimum atomic E-state index is -0.577. The third kappa shape index (κ3) is 3.78. The van der Waals surface area contributed by atoms with Gasteiger partial charge in [-0.1, -0.05) is 20.3 Å². The first-order valence-electron chi connectivity index (χ1n) is 5.47. The van der Waals surface area contributed by atoms with Gasteiger partial charge < -0.3 is 11.1 Å². The molecule has 0 radical (unpaired) electrons. The van der Waals surface area contributed by atoms with Gasteiger partial charge in [0.15, 0.2) is 0 Å². The van der Waals surface area contributed by atoms with Gasteiger partial charge in [0.25, 0.3) is 0 Å². The summed E-state index contributed by atoms with van der Waals surface area (Å²) in [5.41, 5.74) is 6.18. The number of rotatable bonds is 4. The minimum Gasteiger partial charge on any atom is -0.325 e. The molecule has 3 nitrogen and oxygen atoms in total. The fourth-order valence-corrected chi connectivity index (χ4v) is 1.56. The smallest absolute Gasteiger partial charge is 0.241 e. The van der Waals surface area contributed by atoms with Crippen LogP contribution in [0, 0.1) is 11.7 Å². The molecule has 1 aromatic carbocycles. The molecule has 2 atom stereocenters. The van der Waals surface area contributed by atoms with Crippen LogP contribution in [0.4, 0.5) is 10.1 Å². The van der Waals surface area contributed by atoms with Gasteiger partial charge >= 0.3 is 0 Å². The predicted octanol–water partition coefficient (Wildman–Crippen LogP) is 2.90. The van der Waals surface area contributed by atoms with Gasteiger partial charge in [-0.2, -0.15) is 0 Å². The summed E-state index contributed by atoms with van der Waals surface area (Å²) < 4.78 is 13.6. The number of carbonyl (C=O) groups excluding carboxylic acids is 1. The Balaban J connectivity index is 2.71. The van der Waals surface area contributed by atoms with Crippen LogP contribution in [0.3, 0.4) is 0 Å². The van der Waals surface area contributed by atoms with Gasteiger partial charge in [-0.05, 0) is 40.0 Å². The lowest BCUT2D eigenvalue weighted by Crippen LogP contribution is -2.40. The second kappa shape index (κ2) is 6.12. The molecule has 0 spiro atoms. The number of amides is 1. The van der Waals surface area contributed by atoms with Crippen molar-refractivity contribution in [2.45, 2.75) is 26.3 Å². The highest BCUT2D eigenvalue weighted by Gasteiger charge is 2.19. The summed E-state index contributed by atoms with van der Waals surface area (Å²) in [6.45, 7) is 3.88. The van der Waals surface area contributed by atoms with Crippen LogP contribution in [0.25, 0.3) is 0 Å². The van der Waals surface area contributed by atoms with Crippen molar-refractivity contribution in [2.75, 3.05) is 5.32 Å². The van der Waals surface area contributed by atoms with E-state index in [4.69, 9.17) is 5.73 Å². The van der Waals surface area contributed by atoms with E-state index in [2.05, 4.69) is 21.2 Å². The Labute approximate surface area is 109 Å². The number of hydrogen-bond acceptors (Lipinski definition) is 2. The molecule has 0 aromatic heterocycles. The second-order valence-corrected chi connectivity index (χ2v) is 4.88. The van der Waals surface area contributed by atoms with Crippen molar-refractivity contribution in [1.82, 2.24) is 0 Å². The normalized spacial score (nSPS) is 14.2. The highest BCUT2D eigenvalue weighted by Crippen LogP contribution is 2.19. The van der Waals surface area contributed by atoms with Crippen LogP contribution >= 0.6 is 15.9 Å². The zero-order valence-electron chi connectivity index (χ0n) is 9.84. The van der Waals surface area contributed by atoms with E-state index in [1.54, 1.807) is 12.1 Å². The van der Waals surface area contributed by atoms with E-state index in [0.29, 0.717) is 10.2 Å². The Morgan fingerprint density at radius 1 is 1.59 bits per heavy atom. The molecule has 1 rings (SSSR count). The van der Waals surface area contributed by atoms with Gasteiger partial charge in [-0.15, -0.1) is 0 Å². The number of hydrogen-bond donors (Lipinski definition) is 2. The van der Waals surface area contributed by atoms with Crippen LogP contribution in [0.1, 0.15) is 20.3 Å². The summed E-state index contributed by atoms with van der Waals surface area (Å²) in [5, 5.41) is 2.60. The van der Waals surface area contributed by atoms with E-state index in [1.165, 1.54) is 6.07 Å². The first-order valence-corrected chi connectivity index (χ1v) is 6.26. The average molecular weight is 303 g/mol. The van der Waals surface area contributed by atoms with Crippen molar-refractivity contribution in [1.29, 1.82) is 0 Å². The van der Waals surface area contributed by atoms with Crippen LogP contribution < -0.4 is 11.1 Å². The number of anilines is 1. The molecule has 1 amide bonds. The van der Waals surface area contributed by atoms with Gasteiger partial charge in [-0.3, -0.25) is 4.79 Å². The van der Waals surface area contributed by atoms with Gasteiger partial charge in [0.1, 0.15) is 5.82 Å². The maximum absolute atomic E-state index is 13.2. The number of nitrogens with two attached hydrogens (primary N) is 1. The molecule has 0 aliphatic heterocycles. The van der Waals surface area contributed by atoms with Crippen LogP contribution in [-0.4, -0.2) is 11.9 Å². The average Bonchev–Trinajstić information content (AvgIpc) is 2.31. The highest BCUT2D eigenvalue weighted by molar-refractivity contribution is 9.10. The number of nitrogens with one attached hydrogen (secondary N) is 1. The summed E-state index contributed by atoms with van der Waals surface area (Å²) in [7, 11) is 0. The molecule has 1 aromatic rings. The van der Waals surface area contributed by atoms with Crippen LogP contribution in [0.2, 0.25) is 0 Å². The van der Waals surface area contributed by atoms with Gasteiger partial charge in [0, 0.05) is 5.69 Å². The van der Waals surface area contributed by atoms with E-state index in [9.17, 15) is 9.18 Å². The van der Waals surface area contributed by atoms with E-state index in [1.807, 2.05) is 13.8 Å². The van der Waals surface area contributed by atoms with Crippen LogP contribution in [0.5, 0.6) is 0 Å². The zero-order chi connectivity index (χ0) is 13.0. The molecule has 17 heavy (non-hydrogen) atoms. The Bertz CT molecular complexity index is 411. The lowest BCUT2D eigenvalue weighted by molar-refractivity contribution is -0.118. The molecule has 0 aliphatic carbocycles. The van der Waals surface area contributed by atoms with E-state index in [-0.39, 0.29) is 11.8 Å². The molecular formula is C12H16BrFN2O. The molecule has 94 valence electrons. The Morgan fingerprint density at radius 2 is 2.24 bits per heavy atom. The van der Waals surface area contributed by atoms with Crippen LogP contribution in [-0.2, 0) is 4.79 Å². The van der Waals surface area contributed by atoms with Gasteiger partial charge in [0.2, 0.25) is 5.91 Å². The maximum atomic E-state index is 13.2. The molecule has 0 saturated heterocycles. The molecule has 5 heteroatoms. The monoisotopic (exact) mass is 302 g/mol. The first kappa shape index (κ1) is 14.1. The third-order valence-electron chi connectivity index (χ3n) is 2.75. The summed E-state index contributed by atoms with van der Waals surface area (Å²) in [4.78, 5) is 11.7. The molecule has 0 heterocycles. The Morgan fingerprint density at radius 3 is 2.76 bits per heavy atom. The van der Waals surface area contributed by atoms with E-state index in [0.717, 1.165) is 6.42 Å². The summed E-state index contributed by atoms with van der Waals surface area (Å²) in [6, 6.07) is 3.84. The number of benzene rings is 1. The summed E-state index contributed by atoms with van der Waals surface area (Å²) >= 11 is 3.05. The molecule has 0 bridgehead atoms. The topological polar surface area (TPSA) is 55.1 Å². The van der Waals surface area contributed by atoms with Crippen molar-refractivity contribution in [3.8, 4) is 0 Å². The van der Waals surface area contributed by atoms with Crippen molar-refractivity contribution < 1.29 is 9.18 Å². The fraction of sp³-hybridized carbons (Fsp3) is 0.417. The molecule has 0 saturated carbocycles. The van der Waals surface area contributed by atoms with E-state index < -0.39 is 11.9 Å². The van der Waals surface area contributed by atoms with Crippen molar-refractivity contribution in [3.63, 3.8) is 0 Å². The Kier molecular flexibility index (Phi) is 5.08. The van der Waals surface area contributed by atoms with Gasteiger partial charge in [0.05, 0.1) is 10.5 Å². The SMILES string of the molecule is CCC(C)C(N)C(=O)Nc1ccc(Br)c(F)c1. The van der Waals surface area contributed by atoms with Crippen molar-refractivity contribution in [3.05, 3.63) is 28.5 Å². The highest BCUT2D eigenvalue weighted by atomic mass is 79.9. The standard InChI is InChI=1S/C12H16BrFN2O/c1-3-7(2)11(15)12(17)16-8-4-5-9(13)10(14)6-8/h4-7,11H,3,15H2,1-2H3,(H,16,17). The second-order valence-electron chi connectivity index (χ2n) is 4.03. The largest absolute Gasteiger partial charge is 0.325 e. The number of halogens is 2. The molecular weight excluding hydrogens is 287 g/mol. The molecule has 2 unspecified atom stereocenters. The summed E-state index contributed by atoms with van der Waals surface area (Å²) in [6.07, 6.45) is 0.823. The minimum absolute atomic E-state index is 0.0929. The fourth-order valence-electron chi connectivity index (χ4n) is 1.31. The molecule has 0 aliphatic rings. The molecule has 0 fully saturated rings. The van der Waals surface area contributed by atoms with E-state index >= 15 is 0 Å². The Hall–Kier alpha value is -0.940. The number of carbonyl (C=O) groups is 1.